The quantitative estimate of drug-likeness (QED) is 0.597. The highest BCUT2D eigenvalue weighted by Gasteiger charge is 2.40. The molecule has 0 amide bonds. The topological polar surface area (TPSA) is 52.9 Å². The maximum absolute atomic E-state index is 10.7. The van der Waals surface area contributed by atoms with E-state index in [1.807, 2.05) is 30.3 Å². The van der Waals surface area contributed by atoms with E-state index in [1.165, 1.54) is 38.5 Å². The maximum Gasteiger partial charge on any atom is 0.117 e. The Labute approximate surface area is 152 Å². The minimum absolute atomic E-state index is 0.229. The third-order valence-corrected chi connectivity index (χ3v) is 5.19. The van der Waals surface area contributed by atoms with Gasteiger partial charge in [-0.3, -0.25) is 0 Å². The summed E-state index contributed by atoms with van der Waals surface area (Å²) < 4.78 is 5.69. The van der Waals surface area contributed by atoms with Gasteiger partial charge in [-0.15, -0.1) is 0 Å². The number of hydrogen-bond acceptors (Lipinski definition) is 4. The molecule has 1 heterocycles. The number of rotatable bonds is 11. The molecular weight excluding hydrogens is 314 g/mol. The van der Waals surface area contributed by atoms with Gasteiger partial charge in [0.15, 0.2) is 0 Å². The summed E-state index contributed by atoms with van der Waals surface area (Å²) in [4.78, 5) is 2.12. The monoisotopic (exact) mass is 349 g/mol. The summed E-state index contributed by atoms with van der Waals surface area (Å²) in [6.45, 7) is 4.31. The van der Waals surface area contributed by atoms with Crippen molar-refractivity contribution in [3.05, 3.63) is 30.3 Å². The smallest absolute Gasteiger partial charge is 0.117 e. The van der Waals surface area contributed by atoms with Gasteiger partial charge in [-0.1, -0.05) is 63.6 Å². The van der Waals surface area contributed by atoms with Crippen molar-refractivity contribution in [1.29, 1.82) is 0 Å². The van der Waals surface area contributed by atoms with E-state index in [9.17, 15) is 10.2 Å². The number of aliphatic hydroxyl groups is 2. The van der Waals surface area contributed by atoms with E-state index in [-0.39, 0.29) is 6.61 Å². The molecular formula is C21H35NO3. The standard InChI is InChI=1S/C21H35NO3/c1-2-3-4-5-6-7-11-16-25-18-21(24)14-15-22(17-20(21)23)19-12-9-8-10-13-19/h8-10,12-13,20,23-24H,2-7,11,14-18H2,1H3/t20-,21-/m0/s1. The Morgan fingerprint density at radius 2 is 1.76 bits per heavy atom. The number of β-amino-alcohol motifs (C(OH)–C–C–N with tert-alkyl or cyclic N) is 1. The van der Waals surface area contributed by atoms with Crippen molar-refractivity contribution in [2.45, 2.75) is 70.0 Å². The lowest BCUT2D eigenvalue weighted by Crippen LogP contribution is -2.58. The van der Waals surface area contributed by atoms with Crippen LogP contribution in [0.1, 0.15) is 58.3 Å². The zero-order valence-electron chi connectivity index (χ0n) is 15.7. The van der Waals surface area contributed by atoms with E-state index < -0.39 is 11.7 Å². The first kappa shape index (κ1) is 20.2. The Morgan fingerprint density at radius 1 is 1.08 bits per heavy atom. The number of hydrogen-bond donors (Lipinski definition) is 2. The first-order valence-corrected chi connectivity index (χ1v) is 9.94. The van der Waals surface area contributed by atoms with E-state index in [0.29, 0.717) is 19.6 Å². The summed E-state index contributed by atoms with van der Waals surface area (Å²) >= 11 is 0. The van der Waals surface area contributed by atoms with Crippen LogP contribution in [0.5, 0.6) is 0 Å². The van der Waals surface area contributed by atoms with Crippen molar-refractivity contribution < 1.29 is 14.9 Å². The molecule has 0 aliphatic carbocycles. The molecule has 0 radical (unpaired) electrons. The number of ether oxygens (including phenoxy) is 1. The molecule has 1 saturated heterocycles. The van der Waals surface area contributed by atoms with Gasteiger partial charge < -0.3 is 19.8 Å². The molecule has 1 aliphatic rings. The molecule has 2 N–H and O–H groups in total. The molecule has 142 valence electrons. The number of unbranched alkanes of at least 4 members (excludes halogenated alkanes) is 6. The molecule has 1 aliphatic heterocycles. The lowest BCUT2D eigenvalue weighted by atomic mass is 9.89. The molecule has 25 heavy (non-hydrogen) atoms. The fraction of sp³-hybridized carbons (Fsp3) is 0.714. The molecule has 0 bridgehead atoms. The van der Waals surface area contributed by atoms with E-state index in [4.69, 9.17) is 4.74 Å². The molecule has 0 unspecified atom stereocenters. The fourth-order valence-corrected chi connectivity index (χ4v) is 3.42. The van der Waals surface area contributed by atoms with Gasteiger partial charge in [-0.05, 0) is 25.0 Å². The second-order valence-electron chi connectivity index (χ2n) is 7.32. The van der Waals surface area contributed by atoms with E-state index in [1.54, 1.807) is 0 Å². The van der Waals surface area contributed by atoms with Gasteiger partial charge >= 0.3 is 0 Å². The molecule has 1 aromatic carbocycles. The minimum atomic E-state index is -1.12. The van der Waals surface area contributed by atoms with Crippen molar-refractivity contribution in [3.63, 3.8) is 0 Å². The largest absolute Gasteiger partial charge is 0.388 e. The molecule has 2 atom stereocenters. The molecule has 1 aromatic rings. The maximum atomic E-state index is 10.7. The van der Waals surface area contributed by atoms with Gasteiger partial charge in [0.1, 0.15) is 11.7 Å². The number of anilines is 1. The van der Waals surface area contributed by atoms with Crippen molar-refractivity contribution in [2.24, 2.45) is 0 Å². The number of piperidine rings is 1. The number of aliphatic hydroxyl groups excluding tert-OH is 1. The summed E-state index contributed by atoms with van der Waals surface area (Å²) in [7, 11) is 0. The number of para-hydroxylation sites is 1. The van der Waals surface area contributed by atoms with Crippen LogP contribution in [0.3, 0.4) is 0 Å². The molecule has 4 nitrogen and oxygen atoms in total. The highest BCUT2D eigenvalue weighted by atomic mass is 16.5. The molecule has 0 spiro atoms. The van der Waals surface area contributed by atoms with E-state index in [0.717, 1.165) is 18.7 Å². The number of benzene rings is 1. The number of nitrogens with zero attached hydrogens (tertiary/aromatic N) is 1. The van der Waals surface area contributed by atoms with E-state index >= 15 is 0 Å². The Bertz CT molecular complexity index is 467. The Hall–Kier alpha value is -1.10. The first-order chi connectivity index (χ1) is 12.2. The zero-order chi connectivity index (χ0) is 18.0. The van der Waals surface area contributed by atoms with Crippen LogP contribution in [0.4, 0.5) is 5.69 Å². The normalized spacial score (nSPS) is 23.8. The second kappa shape index (κ2) is 10.8. The van der Waals surface area contributed by atoms with Gasteiger partial charge in [-0.2, -0.15) is 0 Å². The van der Waals surface area contributed by atoms with Crippen LogP contribution < -0.4 is 4.90 Å². The van der Waals surface area contributed by atoms with Gasteiger partial charge in [0, 0.05) is 25.4 Å². The summed E-state index contributed by atoms with van der Waals surface area (Å²) in [6, 6.07) is 10.0. The highest BCUT2D eigenvalue weighted by Crippen LogP contribution is 2.27. The highest BCUT2D eigenvalue weighted by molar-refractivity contribution is 5.46. The SMILES string of the molecule is CCCCCCCCCOC[C@@]1(O)CCN(c2ccccc2)C[C@@H]1O. The van der Waals surface area contributed by atoms with Crippen LogP contribution >= 0.6 is 0 Å². The van der Waals surface area contributed by atoms with Crippen LogP contribution in [-0.4, -0.2) is 48.2 Å². The van der Waals surface area contributed by atoms with Crippen molar-refractivity contribution in [3.8, 4) is 0 Å². The Balaban J connectivity index is 1.62. The third kappa shape index (κ3) is 6.61. The average Bonchev–Trinajstić information content (AvgIpc) is 2.63. The minimum Gasteiger partial charge on any atom is -0.388 e. The van der Waals surface area contributed by atoms with Crippen molar-refractivity contribution in [1.82, 2.24) is 0 Å². The van der Waals surface area contributed by atoms with Crippen LogP contribution in [-0.2, 0) is 4.74 Å². The first-order valence-electron chi connectivity index (χ1n) is 9.94. The van der Waals surface area contributed by atoms with Gasteiger partial charge in [0.05, 0.1) is 6.61 Å². The summed E-state index contributed by atoms with van der Waals surface area (Å²) in [6.07, 6.45) is 8.50. The van der Waals surface area contributed by atoms with Gasteiger partial charge in [-0.25, -0.2) is 0 Å². The average molecular weight is 350 g/mol. The van der Waals surface area contributed by atoms with Gasteiger partial charge in [0.25, 0.3) is 0 Å². The molecule has 0 aromatic heterocycles. The summed E-state index contributed by atoms with van der Waals surface area (Å²) in [5, 5.41) is 21.1. The van der Waals surface area contributed by atoms with Crippen LogP contribution in [0, 0.1) is 0 Å². The molecule has 2 rings (SSSR count). The Kier molecular flexibility index (Phi) is 8.73. The van der Waals surface area contributed by atoms with Crippen molar-refractivity contribution in [2.75, 3.05) is 31.2 Å². The second-order valence-corrected chi connectivity index (χ2v) is 7.32. The van der Waals surface area contributed by atoms with Gasteiger partial charge in [0.2, 0.25) is 0 Å². The lowest BCUT2D eigenvalue weighted by molar-refractivity contribution is -0.129. The molecule has 0 saturated carbocycles. The van der Waals surface area contributed by atoms with Crippen LogP contribution in [0.2, 0.25) is 0 Å². The Morgan fingerprint density at radius 3 is 2.44 bits per heavy atom. The van der Waals surface area contributed by atoms with Crippen molar-refractivity contribution >= 4 is 5.69 Å². The zero-order valence-corrected chi connectivity index (χ0v) is 15.7. The predicted octanol–water partition coefficient (Wildman–Crippen LogP) is 3.76. The third-order valence-electron chi connectivity index (χ3n) is 5.19. The molecule has 1 fully saturated rings. The predicted molar refractivity (Wildman–Crippen MR) is 103 cm³/mol. The van der Waals surface area contributed by atoms with Crippen LogP contribution in [0.25, 0.3) is 0 Å². The summed E-state index contributed by atoms with van der Waals surface area (Å²) in [5.74, 6) is 0. The lowest BCUT2D eigenvalue weighted by Gasteiger charge is -2.42. The van der Waals surface area contributed by atoms with Crippen LogP contribution in [0.15, 0.2) is 30.3 Å². The van der Waals surface area contributed by atoms with E-state index in [2.05, 4.69) is 11.8 Å². The fourth-order valence-electron chi connectivity index (χ4n) is 3.42. The summed E-state index contributed by atoms with van der Waals surface area (Å²) in [5.41, 5.74) is -0.0283. The molecule has 4 heteroatoms.